The molecule has 2 heterocycles. The van der Waals surface area contributed by atoms with Gasteiger partial charge >= 0.3 is 0 Å². The highest BCUT2D eigenvalue weighted by molar-refractivity contribution is 5.91. The maximum Gasteiger partial charge on any atom is 0.228 e. The van der Waals surface area contributed by atoms with Crippen LogP contribution in [0.25, 0.3) is 0 Å². The molecule has 2 N–H and O–H groups in total. The molecule has 1 aromatic heterocycles. The molecule has 0 atom stereocenters. The van der Waals surface area contributed by atoms with Crippen LogP contribution in [0.1, 0.15) is 39.0 Å². The van der Waals surface area contributed by atoms with Crippen LogP contribution in [-0.4, -0.2) is 30.6 Å². The second kappa shape index (κ2) is 8.62. The van der Waals surface area contributed by atoms with Crippen molar-refractivity contribution < 1.29 is 9.53 Å². The number of hydrogen-bond acceptors (Lipinski definition) is 4. The summed E-state index contributed by atoms with van der Waals surface area (Å²) in [7, 11) is 0. The Kier molecular flexibility index (Phi) is 6.47. The zero-order valence-electron chi connectivity index (χ0n) is 12.7. The average molecular weight is 291 g/mol. The fourth-order valence-electron chi connectivity index (χ4n) is 2.37. The topological polar surface area (TPSA) is 63.2 Å². The van der Waals surface area contributed by atoms with Gasteiger partial charge in [0.1, 0.15) is 5.82 Å². The first-order chi connectivity index (χ1) is 10.3. The van der Waals surface area contributed by atoms with E-state index in [2.05, 4.69) is 22.5 Å². The zero-order chi connectivity index (χ0) is 14.9. The van der Waals surface area contributed by atoms with Crippen LogP contribution >= 0.6 is 0 Å². The molecular formula is C16H25N3O2. The number of unbranched alkanes of at least 4 members (excludes halogenated alkanes) is 2. The van der Waals surface area contributed by atoms with Crippen LogP contribution in [-0.2, 0) is 9.53 Å². The molecule has 0 saturated carbocycles. The van der Waals surface area contributed by atoms with Gasteiger partial charge in [-0.15, -0.1) is 0 Å². The highest BCUT2D eigenvalue weighted by Gasteiger charge is 2.21. The van der Waals surface area contributed by atoms with Crippen molar-refractivity contribution in [3.05, 3.63) is 18.3 Å². The molecule has 0 radical (unpaired) electrons. The van der Waals surface area contributed by atoms with Gasteiger partial charge in [-0.25, -0.2) is 4.98 Å². The Morgan fingerprint density at radius 3 is 2.81 bits per heavy atom. The standard InChI is InChI=1S/C16H25N3O2/c1-2-3-4-9-17-14-5-6-15(18-12-14)19-16(20)13-7-10-21-11-8-13/h5-6,12-13,17H,2-4,7-11H2,1H3,(H,18,19,20). The lowest BCUT2D eigenvalue weighted by molar-refractivity contribution is -0.122. The monoisotopic (exact) mass is 291 g/mol. The molecule has 1 saturated heterocycles. The quantitative estimate of drug-likeness (QED) is 0.758. The summed E-state index contributed by atoms with van der Waals surface area (Å²) in [5, 5.41) is 6.21. The summed E-state index contributed by atoms with van der Waals surface area (Å²) in [4.78, 5) is 16.4. The van der Waals surface area contributed by atoms with E-state index < -0.39 is 0 Å². The summed E-state index contributed by atoms with van der Waals surface area (Å²) in [6.07, 6.45) is 6.98. The first-order valence-electron chi connectivity index (χ1n) is 7.88. The number of nitrogens with zero attached hydrogens (tertiary/aromatic N) is 1. The lowest BCUT2D eigenvalue weighted by Gasteiger charge is -2.20. The van der Waals surface area contributed by atoms with Gasteiger partial charge in [0.05, 0.1) is 11.9 Å². The van der Waals surface area contributed by atoms with Crippen molar-refractivity contribution in [2.24, 2.45) is 5.92 Å². The number of aromatic nitrogens is 1. The smallest absolute Gasteiger partial charge is 0.228 e. The molecule has 1 aromatic rings. The Hall–Kier alpha value is -1.62. The highest BCUT2D eigenvalue weighted by atomic mass is 16.5. The van der Waals surface area contributed by atoms with Crippen LogP contribution in [0, 0.1) is 5.92 Å². The van der Waals surface area contributed by atoms with E-state index in [1.807, 2.05) is 12.1 Å². The molecule has 5 nitrogen and oxygen atoms in total. The number of amides is 1. The first-order valence-corrected chi connectivity index (χ1v) is 7.88. The Morgan fingerprint density at radius 1 is 1.33 bits per heavy atom. The van der Waals surface area contributed by atoms with Gasteiger partial charge in [-0.3, -0.25) is 4.79 Å². The minimum absolute atomic E-state index is 0.0485. The molecule has 1 fully saturated rings. The van der Waals surface area contributed by atoms with Crippen molar-refractivity contribution in [2.45, 2.75) is 39.0 Å². The molecule has 0 bridgehead atoms. The average Bonchev–Trinajstić information content (AvgIpc) is 2.54. The van der Waals surface area contributed by atoms with E-state index in [1.165, 1.54) is 19.3 Å². The maximum absolute atomic E-state index is 12.1. The molecule has 1 amide bonds. The second-order valence-corrected chi connectivity index (χ2v) is 5.44. The zero-order valence-corrected chi connectivity index (χ0v) is 12.7. The SMILES string of the molecule is CCCCCNc1ccc(NC(=O)C2CCOCC2)nc1. The normalized spacial score (nSPS) is 15.7. The van der Waals surface area contributed by atoms with Gasteiger partial charge in [0, 0.05) is 25.7 Å². The van der Waals surface area contributed by atoms with Crippen molar-refractivity contribution in [3.63, 3.8) is 0 Å². The molecule has 1 aliphatic heterocycles. The van der Waals surface area contributed by atoms with Crippen LogP contribution in [0.2, 0.25) is 0 Å². The van der Waals surface area contributed by atoms with E-state index in [0.717, 1.165) is 25.1 Å². The number of carbonyl (C=O) groups is 1. The molecule has 1 aliphatic rings. The van der Waals surface area contributed by atoms with Crippen LogP contribution in [0.4, 0.5) is 11.5 Å². The highest BCUT2D eigenvalue weighted by Crippen LogP contribution is 2.17. The molecule has 0 aromatic carbocycles. The van der Waals surface area contributed by atoms with Crippen molar-refractivity contribution in [1.29, 1.82) is 0 Å². The molecule has 2 rings (SSSR count). The lowest BCUT2D eigenvalue weighted by Crippen LogP contribution is -2.28. The number of rotatable bonds is 7. The van der Waals surface area contributed by atoms with Crippen molar-refractivity contribution in [3.8, 4) is 0 Å². The first kappa shape index (κ1) is 15.8. The summed E-state index contributed by atoms with van der Waals surface area (Å²) in [5.41, 5.74) is 0.996. The van der Waals surface area contributed by atoms with Crippen molar-refractivity contribution in [2.75, 3.05) is 30.4 Å². The summed E-state index contributed by atoms with van der Waals surface area (Å²) < 4.78 is 5.27. The number of anilines is 2. The van der Waals surface area contributed by atoms with E-state index in [1.54, 1.807) is 6.20 Å². The second-order valence-electron chi connectivity index (χ2n) is 5.44. The molecular weight excluding hydrogens is 266 g/mol. The van der Waals surface area contributed by atoms with Gasteiger partial charge in [-0.1, -0.05) is 19.8 Å². The molecule has 0 aliphatic carbocycles. The van der Waals surface area contributed by atoms with Crippen LogP contribution < -0.4 is 10.6 Å². The minimum atomic E-state index is 0.0485. The predicted octanol–water partition coefficient (Wildman–Crippen LogP) is 3.05. The number of ether oxygens (including phenoxy) is 1. The number of pyridine rings is 1. The van der Waals surface area contributed by atoms with E-state index >= 15 is 0 Å². The minimum Gasteiger partial charge on any atom is -0.384 e. The van der Waals surface area contributed by atoms with E-state index in [4.69, 9.17) is 4.74 Å². The summed E-state index contributed by atoms with van der Waals surface area (Å²) >= 11 is 0. The van der Waals surface area contributed by atoms with Crippen LogP contribution in [0.5, 0.6) is 0 Å². The van der Waals surface area contributed by atoms with E-state index in [0.29, 0.717) is 19.0 Å². The molecule has 116 valence electrons. The van der Waals surface area contributed by atoms with Gasteiger partial charge in [-0.2, -0.15) is 0 Å². The predicted molar refractivity (Wildman–Crippen MR) is 84.4 cm³/mol. The third kappa shape index (κ3) is 5.34. The third-order valence-corrected chi connectivity index (χ3v) is 3.72. The van der Waals surface area contributed by atoms with E-state index in [9.17, 15) is 4.79 Å². The fraction of sp³-hybridized carbons (Fsp3) is 0.625. The Morgan fingerprint density at radius 2 is 2.14 bits per heavy atom. The maximum atomic E-state index is 12.1. The van der Waals surface area contributed by atoms with Crippen LogP contribution in [0.3, 0.4) is 0 Å². The van der Waals surface area contributed by atoms with Crippen molar-refractivity contribution >= 4 is 17.4 Å². The Labute approximate surface area is 126 Å². The summed E-state index contributed by atoms with van der Waals surface area (Å²) in [6.45, 7) is 4.50. The number of hydrogen-bond donors (Lipinski definition) is 2. The van der Waals surface area contributed by atoms with Gasteiger partial charge in [-0.05, 0) is 31.4 Å². The largest absolute Gasteiger partial charge is 0.384 e. The summed E-state index contributed by atoms with van der Waals surface area (Å²) in [6, 6.07) is 3.80. The Bertz CT molecular complexity index is 428. The molecule has 0 spiro atoms. The lowest BCUT2D eigenvalue weighted by atomic mass is 9.99. The number of nitrogens with one attached hydrogen (secondary N) is 2. The van der Waals surface area contributed by atoms with E-state index in [-0.39, 0.29) is 11.8 Å². The number of carbonyl (C=O) groups excluding carboxylic acids is 1. The fourth-order valence-corrected chi connectivity index (χ4v) is 2.37. The third-order valence-electron chi connectivity index (χ3n) is 3.72. The Balaban J connectivity index is 1.77. The molecule has 21 heavy (non-hydrogen) atoms. The summed E-state index contributed by atoms with van der Waals surface area (Å²) in [5.74, 6) is 0.715. The molecule has 0 unspecified atom stereocenters. The van der Waals surface area contributed by atoms with Gasteiger partial charge in [0.2, 0.25) is 5.91 Å². The van der Waals surface area contributed by atoms with Gasteiger partial charge in [0.25, 0.3) is 0 Å². The van der Waals surface area contributed by atoms with Gasteiger partial charge in [0.15, 0.2) is 0 Å². The molecule has 5 heteroatoms. The van der Waals surface area contributed by atoms with Crippen LogP contribution in [0.15, 0.2) is 18.3 Å². The van der Waals surface area contributed by atoms with Gasteiger partial charge < -0.3 is 15.4 Å². The van der Waals surface area contributed by atoms with Crippen molar-refractivity contribution in [1.82, 2.24) is 4.98 Å².